The average molecular weight is 342 g/mol. The van der Waals surface area contributed by atoms with Gasteiger partial charge in [0, 0.05) is 45.0 Å². The largest absolute Gasteiger partial charge is 0.336 e. The third-order valence-electron chi connectivity index (χ3n) is 7.67. The maximum absolute atomic E-state index is 12.8. The summed E-state index contributed by atoms with van der Waals surface area (Å²) in [6, 6.07) is 0.810. The summed E-state index contributed by atoms with van der Waals surface area (Å²) < 4.78 is 1.79. The third kappa shape index (κ3) is 2.54. The fraction of sp³-hybridized carbons (Fsp3) is 0.800. The maximum Gasteiger partial charge on any atom is 0.257 e. The van der Waals surface area contributed by atoms with Crippen LogP contribution < -0.4 is 0 Å². The highest BCUT2D eigenvalue weighted by molar-refractivity contribution is 5.95. The van der Waals surface area contributed by atoms with Gasteiger partial charge in [-0.1, -0.05) is 0 Å². The molecule has 136 valence electrons. The summed E-state index contributed by atoms with van der Waals surface area (Å²) in [4.78, 5) is 17.6. The molecule has 4 bridgehead atoms. The number of piperazine rings is 1. The van der Waals surface area contributed by atoms with Crippen LogP contribution in [0.5, 0.6) is 0 Å². The van der Waals surface area contributed by atoms with E-state index in [0.29, 0.717) is 0 Å². The normalized spacial score (nSPS) is 37.7. The van der Waals surface area contributed by atoms with Crippen molar-refractivity contribution in [2.24, 2.45) is 30.7 Å². The van der Waals surface area contributed by atoms with Crippen molar-refractivity contribution in [3.63, 3.8) is 0 Å². The summed E-state index contributed by atoms with van der Waals surface area (Å²) in [5, 5.41) is 4.23. The minimum absolute atomic E-state index is 0.162. The van der Waals surface area contributed by atoms with Gasteiger partial charge in [0.15, 0.2) is 0 Å². The smallest absolute Gasteiger partial charge is 0.257 e. The Hall–Kier alpha value is -1.36. The lowest BCUT2D eigenvalue weighted by Gasteiger charge is -2.58. The zero-order valence-electron chi connectivity index (χ0n) is 15.5. The van der Waals surface area contributed by atoms with E-state index in [1.165, 1.54) is 32.1 Å². The number of amides is 1. The molecule has 0 spiro atoms. The lowest BCUT2D eigenvalue weighted by Crippen LogP contribution is -2.60. The number of nitrogens with zero attached hydrogens (tertiary/aromatic N) is 4. The van der Waals surface area contributed by atoms with Crippen molar-refractivity contribution >= 4 is 5.91 Å². The van der Waals surface area contributed by atoms with E-state index < -0.39 is 0 Å². The Balaban J connectivity index is 1.24. The first kappa shape index (κ1) is 15.9. The van der Waals surface area contributed by atoms with Crippen molar-refractivity contribution in [1.82, 2.24) is 19.6 Å². The molecule has 1 saturated heterocycles. The molecule has 1 amide bonds. The van der Waals surface area contributed by atoms with Crippen molar-refractivity contribution in [2.45, 2.75) is 45.1 Å². The molecule has 2 heterocycles. The monoisotopic (exact) mass is 342 g/mol. The molecule has 0 aromatic carbocycles. The summed E-state index contributed by atoms with van der Waals surface area (Å²) in [5.74, 6) is 4.12. The van der Waals surface area contributed by atoms with E-state index in [1.807, 2.05) is 18.9 Å². The number of carbonyl (C=O) groups is 1. The van der Waals surface area contributed by atoms with E-state index in [4.69, 9.17) is 0 Å². The molecule has 25 heavy (non-hydrogen) atoms. The molecule has 0 N–H and O–H groups in total. The summed E-state index contributed by atoms with van der Waals surface area (Å²) >= 11 is 0. The molecule has 5 aliphatic rings. The molecule has 6 rings (SSSR count). The van der Waals surface area contributed by atoms with Crippen LogP contribution in [0.15, 0.2) is 6.20 Å². The van der Waals surface area contributed by atoms with Crippen LogP contribution in [0.4, 0.5) is 0 Å². The summed E-state index contributed by atoms with van der Waals surface area (Å²) in [6.07, 6.45) is 9.16. The zero-order valence-corrected chi connectivity index (χ0v) is 15.5. The molecule has 4 aliphatic carbocycles. The van der Waals surface area contributed by atoms with Gasteiger partial charge < -0.3 is 4.90 Å². The van der Waals surface area contributed by atoms with Gasteiger partial charge in [-0.3, -0.25) is 14.4 Å². The highest BCUT2D eigenvalue weighted by Crippen LogP contribution is 2.55. The van der Waals surface area contributed by atoms with Crippen LogP contribution in [0, 0.1) is 30.6 Å². The predicted molar refractivity (Wildman–Crippen MR) is 96.3 cm³/mol. The molecule has 1 aromatic heterocycles. The number of aromatic nitrogens is 2. The molecule has 1 aromatic rings. The van der Waals surface area contributed by atoms with E-state index in [2.05, 4.69) is 10.00 Å². The van der Waals surface area contributed by atoms with Crippen LogP contribution in [-0.2, 0) is 7.05 Å². The zero-order chi connectivity index (χ0) is 17.1. The highest BCUT2D eigenvalue weighted by Gasteiger charge is 2.50. The molecule has 5 nitrogen and oxygen atoms in total. The van der Waals surface area contributed by atoms with Crippen LogP contribution >= 0.6 is 0 Å². The second-order valence-corrected chi connectivity index (χ2v) is 9.02. The van der Waals surface area contributed by atoms with Crippen LogP contribution in [0.3, 0.4) is 0 Å². The van der Waals surface area contributed by atoms with E-state index >= 15 is 0 Å². The van der Waals surface area contributed by atoms with Crippen LogP contribution in [-0.4, -0.2) is 57.7 Å². The van der Waals surface area contributed by atoms with Crippen molar-refractivity contribution in [3.8, 4) is 0 Å². The lowest BCUT2D eigenvalue weighted by molar-refractivity contribution is -0.0743. The van der Waals surface area contributed by atoms with Gasteiger partial charge in [-0.25, -0.2) is 0 Å². The van der Waals surface area contributed by atoms with Crippen LogP contribution in [0.2, 0.25) is 0 Å². The molecular formula is C20H30N4O. The van der Waals surface area contributed by atoms with Crippen molar-refractivity contribution in [2.75, 3.05) is 26.2 Å². The minimum atomic E-state index is 0.162. The van der Waals surface area contributed by atoms with E-state index in [0.717, 1.165) is 67.1 Å². The molecular weight excluding hydrogens is 312 g/mol. The number of carbonyl (C=O) groups excluding carboxylic acids is 1. The number of aryl methyl sites for hydroxylation is 1. The van der Waals surface area contributed by atoms with Crippen LogP contribution in [0.1, 0.15) is 48.2 Å². The molecule has 5 heteroatoms. The predicted octanol–water partition coefficient (Wildman–Crippen LogP) is 2.31. The topological polar surface area (TPSA) is 41.4 Å². The second-order valence-electron chi connectivity index (χ2n) is 9.02. The van der Waals surface area contributed by atoms with Crippen molar-refractivity contribution in [3.05, 3.63) is 17.5 Å². The standard InChI is InChI=1S/C20H30N4O/c1-13-18(12-21-22(13)2)20(25)24-5-3-23(4-6-24)19-16-8-14-7-15(10-16)11-17(19)9-14/h12,14-17,19H,3-11H2,1-2H3. The Morgan fingerprint density at radius 2 is 1.60 bits per heavy atom. The van der Waals surface area contributed by atoms with Gasteiger partial charge in [0.05, 0.1) is 11.8 Å². The molecule has 1 aliphatic heterocycles. The van der Waals surface area contributed by atoms with Gasteiger partial charge in [0.2, 0.25) is 0 Å². The molecule has 5 fully saturated rings. The third-order valence-corrected chi connectivity index (χ3v) is 7.67. The van der Waals surface area contributed by atoms with Gasteiger partial charge in [0.1, 0.15) is 0 Å². The Labute approximate surface area is 150 Å². The first-order valence-electron chi connectivity index (χ1n) is 10.1. The quantitative estimate of drug-likeness (QED) is 0.828. The van der Waals surface area contributed by atoms with E-state index in [-0.39, 0.29) is 5.91 Å². The Morgan fingerprint density at radius 1 is 1.00 bits per heavy atom. The maximum atomic E-state index is 12.8. The van der Waals surface area contributed by atoms with E-state index in [1.54, 1.807) is 10.9 Å². The number of hydrogen-bond donors (Lipinski definition) is 0. The van der Waals surface area contributed by atoms with Gasteiger partial charge in [-0.05, 0) is 62.7 Å². The van der Waals surface area contributed by atoms with Crippen molar-refractivity contribution in [1.29, 1.82) is 0 Å². The van der Waals surface area contributed by atoms with Gasteiger partial charge >= 0.3 is 0 Å². The lowest BCUT2D eigenvalue weighted by atomic mass is 9.54. The summed E-state index contributed by atoms with van der Waals surface area (Å²) in [7, 11) is 1.90. The van der Waals surface area contributed by atoms with Gasteiger partial charge in [0.25, 0.3) is 5.91 Å². The first-order valence-corrected chi connectivity index (χ1v) is 10.1. The number of hydrogen-bond acceptors (Lipinski definition) is 3. The molecule has 0 radical (unpaired) electrons. The van der Waals surface area contributed by atoms with Crippen molar-refractivity contribution < 1.29 is 4.79 Å². The Bertz CT molecular complexity index is 645. The Kier molecular flexibility index (Phi) is 3.70. The fourth-order valence-electron chi connectivity index (χ4n) is 6.59. The van der Waals surface area contributed by atoms with E-state index in [9.17, 15) is 4.79 Å². The second kappa shape index (κ2) is 5.83. The molecule has 0 atom stereocenters. The molecule has 4 saturated carbocycles. The van der Waals surface area contributed by atoms with Gasteiger partial charge in [-0.15, -0.1) is 0 Å². The molecule has 0 unspecified atom stereocenters. The average Bonchev–Trinajstić information content (AvgIpc) is 2.93. The number of rotatable bonds is 2. The highest BCUT2D eigenvalue weighted by atomic mass is 16.2. The van der Waals surface area contributed by atoms with Crippen LogP contribution in [0.25, 0.3) is 0 Å². The summed E-state index contributed by atoms with van der Waals surface area (Å²) in [5.41, 5.74) is 1.74. The summed E-state index contributed by atoms with van der Waals surface area (Å²) in [6.45, 7) is 5.83. The SMILES string of the molecule is Cc1c(C(=O)N2CCN(C3C4CC5CC(C4)CC3C5)CC2)cnn1C. The first-order chi connectivity index (χ1) is 12.1. The van der Waals surface area contributed by atoms with Gasteiger partial charge in [-0.2, -0.15) is 5.10 Å². The fourth-order valence-corrected chi connectivity index (χ4v) is 6.59. The minimum Gasteiger partial charge on any atom is -0.336 e. The Morgan fingerprint density at radius 3 is 2.12 bits per heavy atom.